The molecule has 0 aliphatic heterocycles. The summed E-state index contributed by atoms with van der Waals surface area (Å²) in [6.07, 6.45) is 0.684. The predicted molar refractivity (Wildman–Crippen MR) is 104 cm³/mol. The topological polar surface area (TPSA) is 107 Å². The molecule has 3 rings (SSSR count). The number of nitrogens with one attached hydrogen (secondary N) is 1. The highest BCUT2D eigenvalue weighted by Crippen LogP contribution is 2.27. The zero-order chi connectivity index (χ0) is 19.4. The van der Waals surface area contributed by atoms with Crippen LogP contribution in [0, 0.1) is 5.82 Å². The quantitative estimate of drug-likeness (QED) is 0.603. The maximum atomic E-state index is 14.2. The Morgan fingerprint density at radius 1 is 1.15 bits per heavy atom. The van der Waals surface area contributed by atoms with Gasteiger partial charge in [-0.25, -0.2) is 9.37 Å². The Morgan fingerprint density at radius 2 is 1.89 bits per heavy atom. The van der Waals surface area contributed by atoms with Gasteiger partial charge in [-0.2, -0.15) is 4.98 Å². The Balaban J connectivity index is 1.71. The van der Waals surface area contributed by atoms with Crippen LogP contribution in [0.25, 0.3) is 11.3 Å². The maximum Gasteiger partial charge on any atom is 0.248 e. The summed E-state index contributed by atoms with van der Waals surface area (Å²) in [7, 11) is 0. The van der Waals surface area contributed by atoms with Crippen molar-refractivity contribution in [1.29, 1.82) is 0 Å². The number of hydrogen-bond acceptors (Lipinski definition) is 5. The van der Waals surface area contributed by atoms with Crippen LogP contribution in [-0.2, 0) is 6.42 Å². The Labute approximate surface area is 160 Å². The number of amides is 1. The fourth-order valence-electron chi connectivity index (χ4n) is 2.57. The highest BCUT2D eigenvalue weighted by atomic mass is 35.5. The number of nitrogens with two attached hydrogens (primary N) is 2. The van der Waals surface area contributed by atoms with Gasteiger partial charge in [-0.3, -0.25) is 4.79 Å². The molecule has 0 spiro atoms. The minimum Gasteiger partial charge on any atom is -0.370 e. The molecular formula is C19H17ClFN5O. The summed E-state index contributed by atoms with van der Waals surface area (Å²) in [5, 5.41) is 3.15. The van der Waals surface area contributed by atoms with E-state index >= 15 is 0 Å². The van der Waals surface area contributed by atoms with Gasteiger partial charge in [-0.1, -0.05) is 29.8 Å². The maximum absolute atomic E-state index is 14.2. The number of anilines is 2. The summed E-state index contributed by atoms with van der Waals surface area (Å²) in [6.45, 7) is 0.559. The van der Waals surface area contributed by atoms with Crippen LogP contribution in [0.1, 0.15) is 15.9 Å². The molecule has 5 N–H and O–H groups in total. The highest BCUT2D eigenvalue weighted by molar-refractivity contribution is 6.31. The summed E-state index contributed by atoms with van der Waals surface area (Å²) in [6, 6.07) is 13.3. The molecule has 2 aromatic carbocycles. The van der Waals surface area contributed by atoms with E-state index in [1.807, 2.05) is 12.1 Å². The van der Waals surface area contributed by atoms with Crippen LogP contribution in [0.2, 0.25) is 5.02 Å². The average molecular weight is 386 g/mol. The first-order valence-electron chi connectivity index (χ1n) is 8.15. The smallest absolute Gasteiger partial charge is 0.248 e. The number of carbonyl (C=O) groups excluding carboxylic acids is 1. The lowest BCUT2D eigenvalue weighted by Gasteiger charge is -2.10. The van der Waals surface area contributed by atoms with Crippen LogP contribution in [0.5, 0.6) is 0 Å². The molecule has 27 heavy (non-hydrogen) atoms. The number of nitrogens with zero attached hydrogens (tertiary/aromatic N) is 2. The van der Waals surface area contributed by atoms with Crippen molar-refractivity contribution >= 4 is 29.3 Å². The van der Waals surface area contributed by atoms with E-state index in [1.165, 1.54) is 6.07 Å². The minimum atomic E-state index is -0.558. The Bertz CT molecular complexity index is 978. The van der Waals surface area contributed by atoms with Gasteiger partial charge in [0.1, 0.15) is 5.82 Å². The van der Waals surface area contributed by atoms with Gasteiger partial charge in [0.25, 0.3) is 0 Å². The molecule has 0 saturated heterocycles. The number of carbonyl (C=O) groups is 1. The number of hydrogen-bond donors (Lipinski definition) is 3. The summed E-state index contributed by atoms with van der Waals surface area (Å²) >= 11 is 5.83. The molecule has 0 atom stereocenters. The summed E-state index contributed by atoms with van der Waals surface area (Å²) < 4.78 is 14.2. The van der Waals surface area contributed by atoms with Gasteiger partial charge in [-0.15, -0.1) is 0 Å². The van der Waals surface area contributed by atoms with E-state index in [0.717, 1.165) is 5.56 Å². The third kappa shape index (κ3) is 4.51. The van der Waals surface area contributed by atoms with Gasteiger partial charge >= 0.3 is 0 Å². The molecule has 1 aromatic heterocycles. The lowest BCUT2D eigenvalue weighted by molar-refractivity contribution is 0.100. The van der Waals surface area contributed by atoms with E-state index in [9.17, 15) is 9.18 Å². The van der Waals surface area contributed by atoms with E-state index in [4.69, 9.17) is 23.1 Å². The van der Waals surface area contributed by atoms with Crippen molar-refractivity contribution in [3.05, 3.63) is 70.5 Å². The van der Waals surface area contributed by atoms with E-state index in [1.54, 1.807) is 30.3 Å². The second kappa shape index (κ2) is 8.01. The van der Waals surface area contributed by atoms with Crippen molar-refractivity contribution < 1.29 is 9.18 Å². The van der Waals surface area contributed by atoms with Crippen molar-refractivity contribution in [2.75, 3.05) is 17.6 Å². The number of halogens is 2. The largest absolute Gasteiger partial charge is 0.370 e. The zero-order valence-corrected chi connectivity index (χ0v) is 15.0. The first kappa shape index (κ1) is 18.6. The van der Waals surface area contributed by atoms with Gasteiger partial charge in [0.15, 0.2) is 5.82 Å². The standard InChI is InChI=1S/C19H17ClFN5O/c20-14-3-1-2-13(17(14)21)15-10-16(26-19(23)25-15)24-9-8-11-4-6-12(7-5-11)18(22)27/h1-7,10H,8-9H2,(H2,22,27)(H3,23,24,25,26). The highest BCUT2D eigenvalue weighted by Gasteiger charge is 2.12. The summed E-state index contributed by atoms with van der Waals surface area (Å²) in [4.78, 5) is 19.3. The van der Waals surface area contributed by atoms with Crippen molar-refractivity contribution in [1.82, 2.24) is 9.97 Å². The van der Waals surface area contributed by atoms with Crippen LogP contribution in [-0.4, -0.2) is 22.4 Å². The second-order valence-electron chi connectivity index (χ2n) is 5.84. The van der Waals surface area contributed by atoms with E-state index < -0.39 is 11.7 Å². The molecule has 1 heterocycles. The number of benzene rings is 2. The molecule has 0 saturated carbocycles. The molecular weight excluding hydrogens is 369 g/mol. The third-order valence-corrected chi connectivity index (χ3v) is 4.22. The van der Waals surface area contributed by atoms with Crippen LogP contribution < -0.4 is 16.8 Å². The van der Waals surface area contributed by atoms with Crippen LogP contribution >= 0.6 is 11.6 Å². The first-order valence-corrected chi connectivity index (χ1v) is 8.53. The van der Waals surface area contributed by atoms with Crippen LogP contribution in [0.3, 0.4) is 0 Å². The molecule has 6 nitrogen and oxygen atoms in total. The lowest BCUT2D eigenvalue weighted by Crippen LogP contribution is -2.11. The lowest BCUT2D eigenvalue weighted by atomic mass is 10.1. The van der Waals surface area contributed by atoms with Gasteiger partial charge < -0.3 is 16.8 Å². The van der Waals surface area contributed by atoms with E-state index in [-0.39, 0.29) is 16.5 Å². The molecule has 0 radical (unpaired) electrons. The fraction of sp³-hybridized carbons (Fsp3) is 0.105. The van der Waals surface area contributed by atoms with Crippen molar-refractivity contribution in [2.24, 2.45) is 5.73 Å². The first-order chi connectivity index (χ1) is 12.9. The summed E-state index contributed by atoms with van der Waals surface area (Å²) in [5.74, 6) is -0.513. The predicted octanol–water partition coefficient (Wildman–Crippen LogP) is 3.27. The van der Waals surface area contributed by atoms with Crippen LogP contribution in [0.15, 0.2) is 48.5 Å². The fourth-order valence-corrected chi connectivity index (χ4v) is 2.74. The zero-order valence-electron chi connectivity index (χ0n) is 14.2. The molecule has 8 heteroatoms. The number of rotatable bonds is 6. The molecule has 0 fully saturated rings. The number of aromatic nitrogens is 2. The Morgan fingerprint density at radius 3 is 2.59 bits per heavy atom. The molecule has 1 amide bonds. The monoisotopic (exact) mass is 385 g/mol. The molecule has 3 aromatic rings. The van der Waals surface area contributed by atoms with Crippen molar-refractivity contribution in [3.63, 3.8) is 0 Å². The Hall–Kier alpha value is -3.19. The van der Waals surface area contributed by atoms with Gasteiger partial charge in [0, 0.05) is 23.7 Å². The third-order valence-electron chi connectivity index (χ3n) is 3.93. The van der Waals surface area contributed by atoms with Crippen molar-refractivity contribution in [2.45, 2.75) is 6.42 Å². The van der Waals surface area contributed by atoms with Crippen molar-refractivity contribution in [3.8, 4) is 11.3 Å². The van der Waals surface area contributed by atoms with E-state index in [2.05, 4.69) is 15.3 Å². The molecule has 138 valence electrons. The molecule has 0 aliphatic rings. The Kier molecular flexibility index (Phi) is 5.52. The summed E-state index contributed by atoms with van der Waals surface area (Å²) in [5.41, 5.74) is 13.1. The number of nitrogen functional groups attached to an aromatic ring is 1. The van der Waals surface area contributed by atoms with Gasteiger partial charge in [0.2, 0.25) is 11.9 Å². The second-order valence-corrected chi connectivity index (χ2v) is 6.24. The molecule has 0 aliphatic carbocycles. The SMILES string of the molecule is NC(=O)c1ccc(CCNc2cc(-c3cccc(Cl)c3F)nc(N)n2)cc1. The van der Waals surface area contributed by atoms with Gasteiger partial charge in [-0.05, 0) is 36.2 Å². The molecule has 0 unspecified atom stereocenters. The van der Waals surface area contributed by atoms with Crippen LogP contribution in [0.4, 0.5) is 16.2 Å². The molecule has 0 bridgehead atoms. The minimum absolute atomic E-state index is 0.0126. The normalized spacial score (nSPS) is 10.6. The average Bonchev–Trinajstić information content (AvgIpc) is 2.64. The van der Waals surface area contributed by atoms with E-state index in [0.29, 0.717) is 30.0 Å². The van der Waals surface area contributed by atoms with Gasteiger partial charge in [0.05, 0.1) is 10.7 Å². The number of primary amides is 1.